The maximum atomic E-state index is 13.6. The Labute approximate surface area is 97.0 Å². The summed E-state index contributed by atoms with van der Waals surface area (Å²) >= 11 is 0. The molecule has 17 heavy (non-hydrogen) atoms. The van der Waals surface area contributed by atoms with Crippen LogP contribution in [0.3, 0.4) is 0 Å². The number of rotatable bonds is 3. The summed E-state index contributed by atoms with van der Waals surface area (Å²) in [5.41, 5.74) is 3.47. The number of aryl methyl sites for hydroxylation is 1. The third kappa shape index (κ3) is 2.17. The SMILES string of the molecule is Cn1cncc1C(NN)c1ccc(F)cc1F. The van der Waals surface area contributed by atoms with Gasteiger partial charge in [-0.3, -0.25) is 5.84 Å². The molecule has 1 aromatic carbocycles. The van der Waals surface area contributed by atoms with E-state index in [1.165, 1.54) is 12.1 Å². The zero-order chi connectivity index (χ0) is 12.4. The molecule has 1 atom stereocenters. The monoisotopic (exact) mass is 238 g/mol. The Bertz CT molecular complexity index is 524. The van der Waals surface area contributed by atoms with E-state index in [2.05, 4.69) is 10.4 Å². The van der Waals surface area contributed by atoms with Crippen molar-refractivity contribution in [2.24, 2.45) is 12.9 Å². The number of nitrogens with two attached hydrogens (primary N) is 1. The molecule has 0 saturated carbocycles. The van der Waals surface area contributed by atoms with Gasteiger partial charge in [-0.15, -0.1) is 0 Å². The lowest BCUT2D eigenvalue weighted by Gasteiger charge is -2.17. The van der Waals surface area contributed by atoms with Crippen LogP contribution in [0.1, 0.15) is 17.3 Å². The van der Waals surface area contributed by atoms with Crippen molar-refractivity contribution < 1.29 is 8.78 Å². The van der Waals surface area contributed by atoms with Gasteiger partial charge in [0.15, 0.2) is 0 Å². The lowest BCUT2D eigenvalue weighted by Crippen LogP contribution is -2.30. The summed E-state index contributed by atoms with van der Waals surface area (Å²) in [7, 11) is 1.77. The van der Waals surface area contributed by atoms with Crippen molar-refractivity contribution in [3.8, 4) is 0 Å². The van der Waals surface area contributed by atoms with Gasteiger partial charge in [-0.05, 0) is 6.07 Å². The number of imidazole rings is 1. The van der Waals surface area contributed by atoms with Crippen molar-refractivity contribution in [2.75, 3.05) is 0 Å². The van der Waals surface area contributed by atoms with Crippen LogP contribution in [0.2, 0.25) is 0 Å². The Hall–Kier alpha value is -1.79. The van der Waals surface area contributed by atoms with Crippen molar-refractivity contribution in [2.45, 2.75) is 6.04 Å². The smallest absolute Gasteiger partial charge is 0.131 e. The predicted octanol–water partition coefficient (Wildman–Crippen LogP) is 1.25. The Kier molecular flexibility index (Phi) is 3.16. The highest BCUT2D eigenvalue weighted by atomic mass is 19.1. The summed E-state index contributed by atoms with van der Waals surface area (Å²) in [6.07, 6.45) is 3.16. The standard InChI is InChI=1S/C11H12F2N4/c1-17-6-15-5-10(17)11(16-14)8-3-2-7(12)4-9(8)13/h2-6,11,16H,14H2,1H3. The molecule has 0 aliphatic heterocycles. The van der Waals surface area contributed by atoms with E-state index < -0.39 is 17.7 Å². The van der Waals surface area contributed by atoms with E-state index in [1.807, 2.05) is 0 Å². The lowest BCUT2D eigenvalue weighted by molar-refractivity contribution is 0.529. The minimum atomic E-state index is -0.644. The molecule has 0 amide bonds. The van der Waals surface area contributed by atoms with Crippen molar-refractivity contribution in [3.05, 3.63) is 53.6 Å². The van der Waals surface area contributed by atoms with E-state index in [-0.39, 0.29) is 5.56 Å². The van der Waals surface area contributed by atoms with Gasteiger partial charge in [0.2, 0.25) is 0 Å². The molecular formula is C11H12F2N4. The number of hydrogen-bond acceptors (Lipinski definition) is 3. The first-order valence-electron chi connectivity index (χ1n) is 5.00. The van der Waals surface area contributed by atoms with Crippen molar-refractivity contribution in [1.29, 1.82) is 0 Å². The number of hydrazine groups is 1. The minimum absolute atomic E-state index is 0.275. The topological polar surface area (TPSA) is 55.9 Å². The fourth-order valence-corrected chi connectivity index (χ4v) is 1.72. The molecule has 0 bridgehead atoms. The predicted molar refractivity (Wildman–Crippen MR) is 58.7 cm³/mol. The molecule has 3 N–H and O–H groups in total. The van der Waals surface area contributed by atoms with Crippen LogP contribution >= 0.6 is 0 Å². The molecule has 4 nitrogen and oxygen atoms in total. The molecule has 1 heterocycles. The molecular weight excluding hydrogens is 226 g/mol. The van der Waals surface area contributed by atoms with Crippen LogP contribution in [0.4, 0.5) is 8.78 Å². The third-order valence-corrected chi connectivity index (χ3v) is 2.59. The Morgan fingerprint density at radius 2 is 2.18 bits per heavy atom. The summed E-state index contributed by atoms with van der Waals surface area (Å²) < 4.78 is 28.2. The maximum absolute atomic E-state index is 13.6. The molecule has 0 fully saturated rings. The van der Waals surface area contributed by atoms with Crippen LogP contribution < -0.4 is 11.3 Å². The second-order valence-electron chi connectivity index (χ2n) is 3.69. The van der Waals surface area contributed by atoms with E-state index in [4.69, 9.17) is 5.84 Å². The first-order chi connectivity index (χ1) is 8.13. The van der Waals surface area contributed by atoms with Crippen molar-refractivity contribution >= 4 is 0 Å². The maximum Gasteiger partial charge on any atom is 0.131 e. The molecule has 1 aromatic heterocycles. The Morgan fingerprint density at radius 3 is 2.71 bits per heavy atom. The number of aromatic nitrogens is 2. The molecule has 2 rings (SSSR count). The second kappa shape index (κ2) is 4.60. The zero-order valence-corrected chi connectivity index (χ0v) is 9.19. The van der Waals surface area contributed by atoms with Gasteiger partial charge in [0.1, 0.15) is 11.6 Å². The number of nitrogens with zero attached hydrogens (tertiary/aromatic N) is 2. The number of halogens is 2. The summed E-state index contributed by atoms with van der Waals surface area (Å²) in [5, 5.41) is 0. The molecule has 2 aromatic rings. The molecule has 0 aliphatic carbocycles. The first-order valence-corrected chi connectivity index (χ1v) is 5.00. The Morgan fingerprint density at radius 1 is 1.41 bits per heavy atom. The van der Waals surface area contributed by atoms with Gasteiger partial charge in [0, 0.05) is 18.7 Å². The van der Waals surface area contributed by atoms with Crippen molar-refractivity contribution in [3.63, 3.8) is 0 Å². The number of benzene rings is 1. The van der Waals surface area contributed by atoms with E-state index in [0.29, 0.717) is 5.69 Å². The Balaban J connectivity index is 2.46. The van der Waals surface area contributed by atoms with E-state index >= 15 is 0 Å². The van der Waals surface area contributed by atoms with Crippen LogP contribution in [0, 0.1) is 11.6 Å². The fourth-order valence-electron chi connectivity index (χ4n) is 1.72. The highest BCUT2D eigenvalue weighted by molar-refractivity contribution is 5.28. The van der Waals surface area contributed by atoms with E-state index in [0.717, 1.165) is 6.07 Å². The van der Waals surface area contributed by atoms with Gasteiger partial charge < -0.3 is 4.57 Å². The van der Waals surface area contributed by atoms with Crippen LogP contribution in [0.5, 0.6) is 0 Å². The molecule has 1 unspecified atom stereocenters. The van der Waals surface area contributed by atoms with Gasteiger partial charge in [-0.1, -0.05) is 6.07 Å². The second-order valence-corrected chi connectivity index (χ2v) is 3.69. The molecule has 0 spiro atoms. The van der Waals surface area contributed by atoms with Gasteiger partial charge >= 0.3 is 0 Å². The van der Waals surface area contributed by atoms with Crippen LogP contribution in [0.15, 0.2) is 30.7 Å². The largest absolute Gasteiger partial charge is 0.336 e. The summed E-state index contributed by atoms with van der Waals surface area (Å²) in [6.45, 7) is 0. The lowest BCUT2D eigenvalue weighted by atomic mass is 10.0. The average molecular weight is 238 g/mol. The van der Waals surface area contributed by atoms with Gasteiger partial charge in [0.25, 0.3) is 0 Å². The van der Waals surface area contributed by atoms with Crippen LogP contribution in [-0.4, -0.2) is 9.55 Å². The van der Waals surface area contributed by atoms with Gasteiger partial charge in [-0.25, -0.2) is 19.2 Å². The third-order valence-electron chi connectivity index (χ3n) is 2.59. The van der Waals surface area contributed by atoms with Crippen LogP contribution in [0.25, 0.3) is 0 Å². The molecule has 6 heteroatoms. The molecule has 0 aliphatic rings. The number of nitrogens with one attached hydrogen (secondary N) is 1. The summed E-state index contributed by atoms with van der Waals surface area (Å²) in [6, 6.07) is 2.82. The highest BCUT2D eigenvalue weighted by Gasteiger charge is 2.19. The summed E-state index contributed by atoms with van der Waals surface area (Å²) in [5.74, 6) is 4.16. The molecule has 0 saturated heterocycles. The summed E-state index contributed by atoms with van der Waals surface area (Å²) in [4.78, 5) is 3.93. The minimum Gasteiger partial charge on any atom is -0.336 e. The zero-order valence-electron chi connectivity index (χ0n) is 9.19. The number of hydrogen-bond donors (Lipinski definition) is 2. The highest BCUT2D eigenvalue weighted by Crippen LogP contribution is 2.23. The van der Waals surface area contributed by atoms with E-state index in [1.54, 1.807) is 24.1 Å². The van der Waals surface area contributed by atoms with Crippen LogP contribution in [-0.2, 0) is 7.05 Å². The average Bonchev–Trinajstić information content (AvgIpc) is 2.69. The normalized spacial score (nSPS) is 12.7. The van der Waals surface area contributed by atoms with E-state index in [9.17, 15) is 8.78 Å². The molecule has 0 radical (unpaired) electrons. The van der Waals surface area contributed by atoms with Gasteiger partial charge in [-0.2, -0.15) is 0 Å². The first kappa shape index (κ1) is 11.7. The molecule has 90 valence electrons. The van der Waals surface area contributed by atoms with Gasteiger partial charge in [0.05, 0.1) is 24.3 Å². The fraction of sp³-hybridized carbons (Fsp3) is 0.182. The quantitative estimate of drug-likeness (QED) is 0.625. The van der Waals surface area contributed by atoms with Crippen molar-refractivity contribution in [1.82, 2.24) is 15.0 Å².